The van der Waals surface area contributed by atoms with Crippen molar-refractivity contribution < 1.29 is 38.6 Å². The molecular formula is C28H44N4O8S. The zero-order chi connectivity index (χ0) is 30.7. The van der Waals surface area contributed by atoms with Gasteiger partial charge < -0.3 is 30.5 Å². The maximum absolute atomic E-state index is 13.2. The number of nitrogens with zero attached hydrogens (tertiary/aromatic N) is 1. The molecule has 2 rings (SSSR count). The lowest BCUT2D eigenvalue weighted by Crippen LogP contribution is -2.56. The van der Waals surface area contributed by atoms with Crippen LogP contribution in [-0.4, -0.2) is 75.7 Å². The Bertz CT molecular complexity index is 1040. The van der Waals surface area contributed by atoms with Crippen molar-refractivity contribution in [1.82, 2.24) is 20.9 Å². The number of aromatic nitrogens is 1. The minimum absolute atomic E-state index is 0.100. The van der Waals surface area contributed by atoms with E-state index in [1.54, 1.807) is 45.5 Å². The summed E-state index contributed by atoms with van der Waals surface area (Å²) in [6.45, 7) is 10.4. The Labute approximate surface area is 245 Å². The first-order valence-electron chi connectivity index (χ1n) is 14.0. The van der Waals surface area contributed by atoms with Gasteiger partial charge in [-0.05, 0) is 52.9 Å². The largest absolute Gasteiger partial charge is 0.462 e. The Hall–Kier alpha value is -3.06. The Morgan fingerprint density at radius 3 is 2.44 bits per heavy atom. The van der Waals surface area contributed by atoms with Crippen LogP contribution in [0.2, 0.25) is 0 Å². The fourth-order valence-corrected chi connectivity index (χ4v) is 4.93. The summed E-state index contributed by atoms with van der Waals surface area (Å²) in [4.78, 5) is 68.2. The number of rotatable bonds is 8. The van der Waals surface area contributed by atoms with Crippen molar-refractivity contribution in [3.8, 4) is 0 Å². The van der Waals surface area contributed by atoms with E-state index in [9.17, 15) is 29.1 Å². The molecule has 0 bridgehead atoms. The van der Waals surface area contributed by atoms with E-state index in [0.29, 0.717) is 18.5 Å². The highest BCUT2D eigenvalue weighted by atomic mass is 32.1. The quantitative estimate of drug-likeness (QED) is 0.258. The van der Waals surface area contributed by atoms with E-state index in [1.807, 2.05) is 0 Å². The number of hydrogen-bond acceptors (Lipinski definition) is 10. The molecule has 0 radical (unpaired) electrons. The molecular weight excluding hydrogens is 552 g/mol. The third-order valence-corrected chi connectivity index (χ3v) is 7.04. The molecule has 0 saturated carbocycles. The number of esters is 2. The van der Waals surface area contributed by atoms with Gasteiger partial charge in [0.05, 0.1) is 36.2 Å². The highest BCUT2D eigenvalue weighted by Gasteiger charge is 2.32. The number of nitrogens with one attached hydrogen (secondary N) is 3. The lowest BCUT2D eigenvalue weighted by molar-refractivity contribution is -0.156. The molecule has 5 unspecified atom stereocenters. The van der Waals surface area contributed by atoms with Crippen LogP contribution in [0.15, 0.2) is 10.9 Å². The number of carbonyl (C=O) groups excluding carboxylic acids is 5. The zero-order valence-corrected chi connectivity index (χ0v) is 25.5. The van der Waals surface area contributed by atoms with Crippen LogP contribution in [-0.2, 0) is 39.9 Å². The van der Waals surface area contributed by atoms with E-state index in [-0.39, 0.29) is 37.6 Å². The van der Waals surface area contributed by atoms with E-state index in [2.05, 4.69) is 20.9 Å². The number of hydrogen-bond donors (Lipinski definition) is 4. The maximum atomic E-state index is 13.2. The fourth-order valence-electron chi connectivity index (χ4n) is 4.36. The van der Waals surface area contributed by atoms with Crippen LogP contribution in [0.3, 0.4) is 0 Å². The molecule has 1 aromatic heterocycles. The van der Waals surface area contributed by atoms with Gasteiger partial charge in [0, 0.05) is 18.2 Å². The second-order valence-corrected chi connectivity index (χ2v) is 12.5. The van der Waals surface area contributed by atoms with Gasteiger partial charge in [-0.2, -0.15) is 0 Å². The third kappa shape index (κ3) is 12.6. The van der Waals surface area contributed by atoms with Crippen molar-refractivity contribution in [3.63, 3.8) is 0 Å². The Kier molecular flexibility index (Phi) is 13.2. The number of aliphatic hydroxyl groups is 1. The lowest BCUT2D eigenvalue weighted by atomic mass is 9.96. The summed E-state index contributed by atoms with van der Waals surface area (Å²) in [5.74, 6) is -2.94. The van der Waals surface area contributed by atoms with E-state index in [1.165, 1.54) is 18.3 Å². The first-order chi connectivity index (χ1) is 19.1. The predicted octanol–water partition coefficient (Wildman–Crippen LogP) is 1.78. The summed E-state index contributed by atoms with van der Waals surface area (Å²) in [6, 6.07) is -2.78. The van der Waals surface area contributed by atoms with Crippen molar-refractivity contribution in [2.45, 2.75) is 122 Å². The van der Waals surface area contributed by atoms with Gasteiger partial charge in [0.2, 0.25) is 17.7 Å². The van der Waals surface area contributed by atoms with Gasteiger partial charge in [0.15, 0.2) is 0 Å². The monoisotopic (exact) mass is 596 g/mol. The van der Waals surface area contributed by atoms with Crippen LogP contribution in [0.4, 0.5) is 0 Å². The molecule has 12 nitrogen and oxygen atoms in total. The fraction of sp³-hybridized carbons (Fsp3) is 0.714. The summed E-state index contributed by atoms with van der Waals surface area (Å²) in [5, 5.41) is 20.6. The molecule has 0 aliphatic carbocycles. The number of unbranched alkanes of at least 4 members (excludes halogenated alkanes) is 1. The maximum Gasteiger partial charge on any atom is 0.308 e. The Balaban J connectivity index is 2.22. The molecule has 1 aliphatic rings. The van der Waals surface area contributed by atoms with Crippen molar-refractivity contribution in [3.05, 3.63) is 16.6 Å². The molecule has 0 spiro atoms. The number of cyclic esters (lactones) is 1. The van der Waals surface area contributed by atoms with Gasteiger partial charge >= 0.3 is 11.9 Å². The van der Waals surface area contributed by atoms with Gasteiger partial charge in [-0.25, -0.2) is 4.98 Å². The minimum Gasteiger partial charge on any atom is -0.462 e. The molecule has 3 amide bonds. The lowest BCUT2D eigenvalue weighted by Gasteiger charge is -2.29. The summed E-state index contributed by atoms with van der Waals surface area (Å²) in [7, 11) is 0. The van der Waals surface area contributed by atoms with Gasteiger partial charge in [-0.15, -0.1) is 11.3 Å². The molecule has 1 saturated heterocycles. The average molecular weight is 597 g/mol. The first-order valence-corrected chi connectivity index (χ1v) is 15.0. The van der Waals surface area contributed by atoms with Gasteiger partial charge in [0.25, 0.3) is 0 Å². The molecule has 41 heavy (non-hydrogen) atoms. The highest BCUT2D eigenvalue weighted by molar-refractivity contribution is 7.07. The second-order valence-electron chi connectivity index (χ2n) is 11.7. The summed E-state index contributed by atoms with van der Waals surface area (Å²) in [6.07, 6.45) is -1.25. The third-order valence-electron chi connectivity index (χ3n) is 6.41. The number of aliphatic hydroxyl groups excluding tert-OH is 1. The number of thiazole rings is 1. The van der Waals surface area contributed by atoms with Crippen LogP contribution in [0.25, 0.3) is 0 Å². The van der Waals surface area contributed by atoms with E-state index < -0.39 is 66.0 Å². The van der Waals surface area contributed by atoms with Gasteiger partial charge in [0.1, 0.15) is 23.8 Å². The summed E-state index contributed by atoms with van der Waals surface area (Å²) in [5.41, 5.74) is 1.61. The summed E-state index contributed by atoms with van der Waals surface area (Å²) >= 11 is 1.35. The van der Waals surface area contributed by atoms with Crippen LogP contribution in [0, 0.1) is 5.92 Å². The minimum atomic E-state index is -1.25. The molecule has 230 valence electrons. The zero-order valence-electron chi connectivity index (χ0n) is 24.7. The Morgan fingerprint density at radius 1 is 1.12 bits per heavy atom. The van der Waals surface area contributed by atoms with Gasteiger partial charge in [-0.1, -0.05) is 13.8 Å². The smallest absolute Gasteiger partial charge is 0.308 e. The molecule has 1 aliphatic heterocycles. The van der Waals surface area contributed by atoms with Crippen molar-refractivity contribution >= 4 is 41.0 Å². The van der Waals surface area contributed by atoms with Crippen molar-refractivity contribution in [1.29, 1.82) is 0 Å². The average Bonchev–Trinajstić information content (AvgIpc) is 3.35. The van der Waals surface area contributed by atoms with Crippen molar-refractivity contribution in [2.75, 3.05) is 0 Å². The first kappa shape index (κ1) is 34.1. The molecule has 0 aromatic carbocycles. The highest BCUT2D eigenvalue weighted by Crippen LogP contribution is 2.17. The SMILES string of the molecule is CC1NC(=O)C(Cc2cscn2)NC(=O)CC(CCCCC(=O)OC(C)(C)C)OC(=O)CC(O)C(C(C)C)NC1=O. The van der Waals surface area contributed by atoms with E-state index >= 15 is 0 Å². The van der Waals surface area contributed by atoms with E-state index in [0.717, 1.165) is 0 Å². The molecule has 13 heteroatoms. The number of carbonyl (C=O) groups is 5. The molecule has 1 aromatic rings. The van der Waals surface area contributed by atoms with Crippen LogP contribution >= 0.6 is 11.3 Å². The van der Waals surface area contributed by atoms with Gasteiger partial charge in [-0.3, -0.25) is 24.0 Å². The molecule has 2 heterocycles. The number of ether oxygens (including phenoxy) is 2. The van der Waals surface area contributed by atoms with Crippen molar-refractivity contribution in [2.24, 2.45) is 5.92 Å². The second kappa shape index (κ2) is 15.8. The molecule has 4 N–H and O–H groups in total. The van der Waals surface area contributed by atoms with E-state index in [4.69, 9.17) is 9.47 Å². The predicted molar refractivity (Wildman–Crippen MR) is 152 cm³/mol. The van der Waals surface area contributed by atoms with Crippen LogP contribution in [0.5, 0.6) is 0 Å². The molecule has 1 fully saturated rings. The Morgan fingerprint density at radius 2 is 1.83 bits per heavy atom. The number of amides is 3. The molecule has 5 atom stereocenters. The van der Waals surface area contributed by atoms with Crippen LogP contribution < -0.4 is 16.0 Å². The normalized spacial score (nSPS) is 25.3. The summed E-state index contributed by atoms with van der Waals surface area (Å²) < 4.78 is 10.9. The topological polar surface area (TPSA) is 173 Å². The van der Waals surface area contributed by atoms with Crippen LogP contribution in [0.1, 0.15) is 85.8 Å². The standard InChI is InChI=1S/C28H44N4O8S/c1-16(2)25-21(33)13-24(36)39-19(9-7-8-10-23(35)40-28(4,5)6)12-22(34)31-20(11-18-14-41-15-29-18)27(38)30-17(3)26(37)32-25/h14-17,19-21,25,33H,7-13H2,1-6H3,(H,30,38)(H,31,34)(H,32,37).